The number of ether oxygens (including phenoxy) is 1. The molecule has 0 unspecified atom stereocenters. The van der Waals surface area contributed by atoms with Crippen LogP contribution >= 0.6 is 0 Å². The van der Waals surface area contributed by atoms with E-state index in [1.54, 1.807) is 0 Å². The van der Waals surface area contributed by atoms with E-state index in [2.05, 4.69) is 114 Å². The van der Waals surface area contributed by atoms with Gasteiger partial charge in [-0.1, -0.05) is 138 Å². The molecule has 41 heavy (non-hydrogen) atoms. The van der Waals surface area contributed by atoms with E-state index >= 15 is 0 Å². The van der Waals surface area contributed by atoms with Gasteiger partial charge in [-0.2, -0.15) is 0 Å². The summed E-state index contributed by atoms with van der Waals surface area (Å²) in [6.07, 6.45) is 2.97. The lowest BCUT2D eigenvalue weighted by Crippen LogP contribution is -2.66. The second-order valence-corrected chi connectivity index (χ2v) is 17.1. The van der Waals surface area contributed by atoms with Crippen molar-refractivity contribution in [3.05, 3.63) is 109 Å². The van der Waals surface area contributed by atoms with Gasteiger partial charge in [0.1, 0.15) is 0 Å². The molecule has 0 spiro atoms. The van der Waals surface area contributed by atoms with Gasteiger partial charge in [-0.25, -0.2) is 0 Å². The second kappa shape index (κ2) is 15.6. The number of rotatable bonds is 16. The molecule has 0 aliphatic heterocycles. The molecule has 0 bridgehead atoms. The molecule has 0 aromatic heterocycles. The van der Waals surface area contributed by atoms with E-state index in [9.17, 15) is 5.11 Å². The molecule has 0 fully saturated rings. The van der Waals surface area contributed by atoms with Gasteiger partial charge in [-0.15, -0.1) is 6.58 Å². The van der Waals surface area contributed by atoms with Gasteiger partial charge in [0.15, 0.2) is 0 Å². The maximum absolute atomic E-state index is 11.0. The number of aliphatic hydroxyl groups is 1. The average molecular weight is 573 g/mol. The summed E-state index contributed by atoms with van der Waals surface area (Å²) in [5.74, 6) is 0.399. The zero-order chi connectivity index (χ0) is 29.9. The lowest BCUT2D eigenvalue weighted by Gasteiger charge is -2.43. The largest absolute Gasteiger partial charge is 0.407 e. The molecule has 4 atom stereocenters. The Balaban J connectivity index is 1.80. The van der Waals surface area contributed by atoms with Gasteiger partial charge in [0.25, 0.3) is 8.32 Å². The molecular weight excluding hydrogens is 520 g/mol. The summed E-state index contributed by atoms with van der Waals surface area (Å²) < 4.78 is 13.8. The lowest BCUT2D eigenvalue weighted by molar-refractivity contribution is -0.0450. The summed E-state index contributed by atoms with van der Waals surface area (Å²) in [6.45, 7) is 18.6. The molecule has 3 nitrogen and oxygen atoms in total. The fourth-order valence-electron chi connectivity index (χ4n) is 5.88. The normalized spacial score (nSPS) is 15.2. The van der Waals surface area contributed by atoms with Crippen molar-refractivity contribution in [2.45, 2.75) is 91.1 Å². The van der Waals surface area contributed by atoms with Crippen LogP contribution in [0.25, 0.3) is 0 Å². The maximum Gasteiger partial charge on any atom is 0.261 e. The molecular formula is C37H52O3Si. The highest BCUT2D eigenvalue weighted by Gasteiger charge is 2.50. The van der Waals surface area contributed by atoms with E-state index in [1.165, 1.54) is 10.4 Å². The second-order valence-electron chi connectivity index (χ2n) is 12.7. The van der Waals surface area contributed by atoms with Gasteiger partial charge in [0.2, 0.25) is 0 Å². The minimum atomic E-state index is -2.58. The van der Waals surface area contributed by atoms with Gasteiger partial charge in [-0.3, -0.25) is 0 Å². The van der Waals surface area contributed by atoms with Gasteiger partial charge in [0.05, 0.1) is 18.8 Å². The van der Waals surface area contributed by atoms with Crippen molar-refractivity contribution in [1.29, 1.82) is 0 Å². The van der Waals surface area contributed by atoms with Crippen molar-refractivity contribution in [1.82, 2.24) is 0 Å². The number of aliphatic hydroxyl groups excluding tert-OH is 1. The Labute approximate surface area is 250 Å². The Bertz CT molecular complexity index is 1120. The minimum Gasteiger partial charge on any atom is -0.407 e. The van der Waals surface area contributed by atoms with E-state index in [1.807, 2.05) is 25.1 Å². The first kappa shape index (κ1) is 33.0. The Morgan fingerprint density at radius 3 is 1.83 bits per heavy atom. The highest BCUT2D eigenvalue weighted by atomic mass is 28.4. The molecule has 3 aromatic rings. The predicted molar refractivity (Wildman–Crippen MR) is 176 cm³/mol. The number of hydrogen-bond donors (Lipinski definition) is 1. The van der Waals surface area contributed by atoms with Crippen LogP contribution in [0, 0.1) is 11.8 Å². The van der Waals surface area contributed by atoms with E-state index in [4.69, 9.17) is 9.16 Å². The summed E-state index contributed by atoms with van der Waals surface area (Å²) >= 11 is 0. The van der Waals surface area contributed by atoms with Crippen LogP contribution in [0.15, 0.2) is 103 Å². The van der Waals surface area contributed by atoms with Crippen LogP contribution in [-0.2, 0) is 15.8 Å². The SMILES string of the molecule is C=C(C)C[C@H](O)[C@H](C)[C@H](CC[C@@H](CC)CO[Si](c1ccccc1)(c1ccccc1)C(C)(C)C)OCc1ccccc1. The summed E-state index contributed by atoms with van der Waals surface area (Å²) in [5, 5.41) is 13.6. The first-order valence-electron chi connectivity index (χ1n) is 15.3. The molecule has 0 amide bonds. The maximum atomic E-state index is 11.0. The van der Waals surface area contributed by atoms with Crippen LogP contribution in [0.5, 0.6) is 0 Å². The van der Waals surface area contributed by atoms with Crippen molar-refractivity contribution < 1.29 is 14.3 Å². The van der Waals surface area contributed by atoms with Gasteiger partial charge < -0.3 is 14.3 Å². The summed E-state index contributed by atoms with van der Waals surface area (Å²) in [5.41, 5.74) is 2.15. The quantitative estimate of drug-likeness (QED) is 0.140. The Hall–Kier alpha value is -2.50. The molecule has 3 aromatic carbocycles. The van der Waals surface area contributed by atoms with Crippen LogP contribution in [0.3, 0.4) is 0 Å². The zero-order valence-corrected chi connectivity index (χ0v) is 27.2. The highest BCUT2D eigenvalue weighted by molar-refractivity contribution is 6.99. The molecule has 0 heterocycles. The molecule has 1 N–H and O–H groups in total. The lowest BCUT2D eigenvalue weighted by atomic mass is 9.88. The standard InChI is InChI=1S/C37H52O3Si/c1-8-31(24-25-36(30(4)35(38)26-29(2)3)39-27-32-18-12-9-13-19-32)28-40-41(37(5,6)7,33-20-14-10-15-21-33)34-22-16-11-17-23-34/h9-23,30-31,35-36,38H,2,8,24-28H2,1,3-7H3/t30-,31+,35-,36-/m0/s1. The molecule has 0 aliphatic carbocycles. The number of benzene rings is 3. The van der Waals surface area contributed by atoms with Gasteiger partial charge in [-0.05, 0) is 53.1 Å². The first-order valence-corrected chi connectivity index (χ1v) is 17.2. The molecule has 0 radical (unpaired) electrons. The topological polar surface area (TPSA) is 38.7 Å². The van der Waals surface area contributed by atoms with Gasteiger partial charge >= 0.3 is 0 Å². The van der Waals surface area contributed by atoms with Crippen LogP contribution in [-0.4, -0.2) is 32.2 Å². The van der Waals surface area contributed by atoms with Crippen molar-refractivity contribution in [2.75, 3.05) is 6.61 Å². The van der Waals surface area contributed by atoms with Gasteiger partial charge in [0, 0.05) is 12.5 Å². The van der Waals surface area contributed by atoms with Crippen molar-refractivity contribution >= 4 is 18.7 Å². The summed E-state index contributed by atoms with van der Waals surface area (Å²) in [6, 6.07) is 32.0. The van der Waals surface area contributed by atoms with Crippen LogP contribution in [0.2, 0.25) is 5.04 Å². The monoisotopic (exact) mass is 572 g/mol. The number of hydrogen-bond acceptors (Lipinski definition) is 3. The third kappa shape index (κ3) is 8.99. The minimum absolute atomic E-state index is 0.00511. The smallest absolute Gasteiger partial charge is 0.261 e. The van der Waals surface area contributed by atoms with Crippen molar-refractivity contribution in [3.63, 3.8) is 0 Å². The van der Waals surface area contributed by atoms with E-state index in [0.717, 1.165) is 30.4 Å². The zero-order valence-electron chi connectivity index (χ0n) is 26.2. The predicted octanol–water partition coefficient (Wildman–Crippen LogP) is 7.92. The molecule has 3 rings (SSSR count). The van der Waals surface area contributed by atoms with Crippen LogP contribution in [0.4, 0.5) is 0 Å². The van der Waals surface area contributed by atoms with Crippen molar-refractivity contribution in [2.24, 2.45) is 11.8 Å². The van der Waals surface area contributed by atoms with E-state index in [-0.39, 0.29) is 17.1 Å². The fourth-order valence-corrected chi connectivity index (χ4v) is 10.5. The summed E-state index contributed by atoms with van der Waals surface area (Å²) in [4.78, 5) is 0. The Morgan fingerprint density at radius 1 is 0.854 bits per heavy atom. The Morgan fingerprint density at radius 2 is 1.37 bits per heavy atom. The first-order chi connectivity index (χ1) is 19.6. The van der Waals surface area contributed by atoms with Crippen LogP contribution in [0.1, 0.15) is 72.8 Å². The molecule has 0 saturated heterocycles. The molecule has 222 valence electrons. The third-order valence-corrected chi connectivity index (χ3v) is 13.5. The van der Waals surface area contributed by atoms with E-state index < -0.39 is 14.4 Å². The molecule has 0 aliphatic rings. The molecule has 0 saturated carbocycles. The van der Waals surface area contributed by atoms with E-state index in [0.29, 0.717) is 25.6 Å². The highest BCUT2D eigenvalue weighted by Crippen LogP contribution is 2.37. The Kier molecular flexibility index (Phi) is 12.6. The molecule has 4 heteroatoms. The van der Waals surface area contributed by atoms with Crippen molar-refractivity contribution in [3.8, 4) is 0 Å². The van der Waals surface area contributed by atoms with Crippen LogP contribution < -0.4 is 10.4 Å². The fraction of sp³-hybridized carbons (Fsp3) is 0.459. The summed E-state index contributed by atoms with van der Waals surface area (Å²) in [7, 11) is -2.58. The average Bonchev–Trinajstić information content (AvgIpc) is 2.96. The third-order valence-electron chi connectivity index (χ3n) is 8.45.